The summed E-state index contributed by atoms with van der Waals surface area (Å²) < 4.78 is 23.4. The third kappa shape index (κ3) is 6.59. The molecule has 2 aromatic rings. The Kier molecular flexibility index (Phi) is 8.62. The Morgan fingerprint density at radius 3 is 2.28 bits per heavy atom. The molecule has 0 bridgehead atoms. The van der Waals surface area contributed by atoms with E-state index in [1.54, 1.807) is 7.11 Å². The quantitative estimate of drug-likeness (QED) is 0.382. The highest BCUT2D eigenvalue weighted by molar-refractivity contribution is 14.1. The van der Waals surface area contributed by atoms with E-state index in [0.717, 1.165) is 26.4 Å². The molecule has 0 aliphatic heterocycles. The highest BCUT2D eigenvalue weighted by Gasteiger charge is 2.05. The molecule has 0 unspecified atom stereocenters. The summed E-state index contributed by atoms with van der Waals surface area (Å²) in [5.41, 5.74) is 1.08. The maximum Gasteiger partial charge on any atom is 0.161 e. The monoisotopic (exact) mass is 454 g/mol. The van der Waals surface area contributed by atoms with Crippen molar-refractivity contribution >= 4 is 28.7 Å². The molecular weight excluding hydrogens is 431 g/mol. The molecule has 0 fully saturated rings. The fourth-order valence-electron chi connectivity index (χ4n) is 2.18. The summed E-state index contributed by atoms with van der Waals surface area (Å²) in [6.07, 6.45) is 4.00. The van der Waals surface area contributed by atoms with Crippen LogP contribution >= 0.6 is 22.6 Å². The molecule has 5 heteroatoms. The number of methoxy groups -OCH3 is 1. The normalized spacial score (nSPS) is 10.8. The fraction of sp³-hybridized carbons (Fsp3) is 0.300. The van der Waals surface area contributed by atoms with Gasteiger partial charge in [0.05, 0.1) is 23.9 Å². The summed E-state index contributed by atoms with van der Waals surface area (Å²) in [5.74, 6) is 2.32. The van der Waals surface area contributed by atoms with Crippen molar-refractivity contribution in [2.75, 3.05) is 33.5 Å². The fourth-order valence-corrected chi connectivity index (χ4v) is 2.73. The van der Waals surface area contributed by atoms with Crippen molar-refractivity contribution in [2.24, 2.45) is 0 Å². The van der Waals surface area contributed by atoms with Crippen molar-refractivity contribution in [3.63, 3.8) is 0 Å². The summed E-state index contributed by atoms with van der Waals surface area (Å²) in [7, 11) is 1.64. The second-order valence-electron chi connectivity index (χ2n) is 5.15. The molecule has 0 saturated heterocycles. The van der Waals surface area contributed by atoms with Gasteiger partial charge in [-0.3, -0.25) is 0 Å². The summed E-state index contributed by atoms with van der Waals surface area (Å²) in [4.78, 5) is 0. The van der Waals surface area contributed by atoms with E-state index in [-0.39, 0.29) is 0 Å². The Hall–Kier alpha value is -1.73. The number of halogens is 1. The highest BCUT2D eigenvalue weighted by Crippen LogP contribution is 2.28. The average molecular weight is 454 g/mol. The van der Waals surface area contributed by atoms with Crippen LogP contribution in [0.25, 0.3) is 6.08 Å². The second kappa shape index (κ2) is 11.0. The van der Waals surface area contributed by atoms with Gasteiger partial charge in [0, 0.05) is 0 Å². The van der Waals surface area contributed by atoms with Crippen molar-refractivity contribution in [3.05, 3.63) is 57.7 Å². The Balaban J connectivity index is 1.67. The van der Waals surface area contributed by atoms with Gasteiger partial charge in [0.2, 0.25) is 0 Å². The lowest BCUT2D eigenvalue weighted by Gasteiger charge is -2.12. The maximum absolute atomic E-state index is 5.73. The molecule has 4 nitrogen and oxygen atoms in total. The molecule has 134 valence electrons. The number of benzene rings is 2. The first-order valence-corrected chi connectivity index (χ1v) is 9.21. The van der Waals surface area contributed by atoms with Crippen molar-refractivity contribution in [1.82, 2.24) is 0 Å². The summed E-state index contributed by atoms with van der Waals surface area (Å²) in [6, 6.07) is 13.8. The molecule has 0 radical (unpaired) electrons. The van der Waals surface area contributed by atoms with Gasteiger partial charge in [0.15, 0.2) is 11.5 Å². The van der Waals surface area contributed by atoms with Crippen LogP contribution in [0.4, 0.5) is 0 Å². The van der Waals surface area contributed by atoms with E-state index in [4.69, 9.17) is 18.9 Å². The third-order valence-corrected chi connectivity index (χ3v) is 4.25. The van der Waals surface area contributed by atoms with Crippen LogP contribution in [0.5, 0.6) is 17.2 Å². The molecule has 25 heavy (non-hydrogen) atoms. The molecule has 0 saturated carbocycles. The Labute approximate surface area is 162 Å². The van der Waals surface area contributed by atoms with Crippen LogP contribution in [0.3, 0.4) is 0 Å². The van der Waals surface area contributed by atoms with E-state index in [2.05, 4.69) is 22.6 Å². The number of hydrogen-bond acceptors (Lipinski definition) is 4. The SMILES string of the molecule is CC=Cc1ccc(OCCOCCOc2ccccc2I)c(OC)c1. The lowest BCUT2D eigenvalue weighted by Crippen LogP contribution is -2.12. The first-order chi connectivity index (χ1) is 12.2. The van der Waals surface area contributed by atoms with Crippen molar-refractivity contribution in [3.8, 4) is 17.2 Å². The van der Waals surface area contributed by atoms with E-state index < -0.39 is 0 Å². The van der Waals surface area contributed by atoms with Gasteiger partial charge in [-0.15, -0.1) is 0 Å². The first kappa shape index (κ1) is 19.6. The minimum Gasteiger partial charge on any atom is -0.493 e. The largest absolute Gasteiger partial charge is 0.493 e. The summed E-state index contributed by atoms with van der Waals surface area (Å²) >= 11 is 2.25. The number of rotatable bonds is 10. The number of hydrogen-bond donors (Lipinski definition) is 0. The maximum atomic E-state index is 5.73. The van der Waals surface area contributed by atoms with Gasteiger partial charge < -0.3 is 18.9 Å². The predicted molar refractivity (Wildman–Crippen MR) is 109 cm³/mol. The van der Waals surface area contributed by atoms with Crippen LogP contribution in [0.15, 0.2) is 48.5 Å². The summed E-state index contributed by atoms with van der Waals surface area (Å²) in [6.45, 7) is 3.97. The minimum absolute atomic E-state index is 0.461. The van der Waals surface area contributed by atoms with Gasteiger partial charge in [0.1, 0.15) is 19.0 Å². The van der Waals surface area contributed by atoms with Gasteiger partial charge in [-0.1, -0.05) is 30.4 Å². The highest BCUT2D eigenvalue weighted by atomic mass is 127. The predicted octanol–water partition coefficient (Wildman–Crippen LogP) is 4.81. The van der Waals surface area contributed by atoms with Gasteiger partial charge in [-0.05, 0) is 59.3 Å². The third-order valence-electron chi connectivity index (χ3n) is 3.35. The molecule has 0 aliphatic carbocycles. The van der Waals surface area contributed by atoms with Crippen LogP contribution in [0.1, 0.15) is 12.5 Å². The van der Waals surface area contributed by atoms with Crippen LogP contribution in [-0.2, 0) is 4.74 Å². The van der Waals surface area contributed by atoms with Crippen LogP contribution in [-0.4, -0.2) is 33.5 Å². The molecular formula is C20H23IO4. The molecule has 0 spiro atoms. The van der Waals surface area contributed by atoms with E-state index in [9.17, 15) is 0 Å². The molecule has 0 atom stereocenters. The zero-order chi connectivity index (χ0) is 17.9. The lowest BCUT2D eigenvalue weighted by molar-refractivity contribution is 0.0755. The molecule has 0 amide bonds. The van der Waals surface area contributed by atoms with Gasteiger partial charge in [0.25, 0.3) is 0 Å². The number of allylic oxidation sites excluding steroid dienone is 1. The van der Waals surface area contributed by atoms with E-state index in [0.29, 0.717) is 26.4 Å². The van der Waals surface area contributed by atoms with Crippen LogP contribution in [0, 0.1) is 3.57 Å². The Morgan fingerprint density at radius 2 is 1.60 bits per heavy atom. The zero-order valence-electron chi connectivity index (χ0n) is 14.5. The molecule has 0 aliphatic rings. The van der Waals surface area contributed by atoms with E-state index >= 15 is 0 Å². The van der Waals surface area contributed by atoms with Crippen LogP contribution in [0.2, 0.25) is 0 Å². The van der Waals surface area contributed by atoms with Crippen molar-refractivity contribution < 1.29 is 18.9 Å². The standard InChI is InChI=1S/C20H23IO4/c1-3-6-16-9-10-19(20(15-16)22-2)25-14-12-23-11-13-24-18-8-5-4-7-17(18)21/h3-10,15H,11-14H2,1-2H3. The number of ether oxygens (including phenoxy) is 4. The zero-order valence-corrected chi connectivity index (χ0v) is 16.7. The lowest BCUT2D eigenvalue weighted by atomic mass is 10.2. The minimum atomic E-state index is 0.461. The summed E-state index contributed by atoms with van der Waals surface area (Å²) in [5, 5.41) is 0. The Morgan fingerprint density at radius 1 is 0.880 bits per heavy atom. The average Bonchev–Trinajstić information content (AvgIpc) is 2.63. The number of para-hydroxylation sites is 1. The second-order valence-corrected chi connectivity index (χ2v) is 6.31. The molecule has 0 heterocycles. The van der Waals surface area contributed by atoms with Gasteiger partial charge in [-0.25, -0.2) is 0 Å². The van der Waals surface area contributed by atoms with Gasteiger partial charge in [-0.2, -0.15) is 0 Å². The first-order valence-electron chi connectivity index (χ1n) is 8.13. The molecule has 2 aromatic carbocycles. The Bertz CT molecular complexity index is 685. The van der Waals surface area contributed by atoms with Crippen LogP contribution < -0.4 is 14.2 Å². The molecule has 0 N–H and O–H groups in total. The molecule has 0 aromatic heterocycles. The smallest absolute Gasteiger partial charge is 0.161 e. The van der Waals surface area contributed by atoms with Crippen molar-refractivity contribution in [1.29, 1.82) is 0 Å². The molecule has 2 rings (SSSR count). The van der Waals surface area contributed by atoms with E-state index in [1.165, 1.54) is 0 Å². The topological polar surface area (TPSA) is 36.9 Å². The van der Waals surface area contributed by atoms with E-state index in [1.807, 2.05) is 61.5 Å². The van der Waals surface area contributed by atoms with Gasteiger partial charge >= 0.3 is 0 Å². The van der Waals surface area contributed by atoms with Crippen molar-refractivity contribution in [2.45, 2.75) is 6.92 Å².